The molecule has 2 aliphatic heterocycles. The van der Waals surface area contributed by atoms with Gasteiger partial charge in [0.1, 0.15) is 11.4 Å². The van der Waals surface area contributed by atoms with Gasteiger partial charge in [0.05, 0.1) is 12.8 Å². The SMILES string of the molecule is COc1cc(C(c2ccc(-c3ccccc3)cc2)c2ccc(N3C(=O)C=CC3O)c(-c3ccccc3)c2)cc(-c2ccccc2)c1N1C(=O)C=CC1=O. The summed E-state index contributed by atoms with van der Waals surface area (Å²) in [5.41, 5.74) is 9.00. The van der Waals surface area contributed by atoms with Crippen LogP contribution in [-0.4, -0.2) is 36.2 Å². The molecule has 2 unspecified atom stereocenters. The van der Waals surface area contributed by atoms with Crippen molar-refractivity contribution in [1.29, 1.82) is 0 Å². The van der Waals surface area contributed by atoms with Crippen molar-refractivity contribution in [3.63, 3.8) is 0 Å². The third kappa shape index (κ3) is 6.24. The van der Waals surface area contributed by atoms with Gasteiger partial charge in [0.2, 0.25) is 0 Å². The van der Waals surface area contributed by atoms with E-state index < -0.39 is 18.0 Å². The molecule has 0 radical (unpaired) electrons. The van der Waals surface area contributed by atoms with Crippen molar-refractivity contribution in [2.75, 3.05) is 16.9 Å². The summed E-state index contributed by atoms with van der Waals surface area (Å²) in [4.78, 5) is 41.8. The van der Waals surface area contributed by atoms with Gasteiger partial charge >= 0.3 is 0 Å². The van der Waals surface area contributed by atoms with Crippen LogP contribution in [0, 0.1) is 0 Å². The van der Waals surface area contributed by atoms with Crippen LogP contribution in [0.2, 0.25) is 0 Å². The van der Waals surface area contributed by atoms with E-state index in [2.05, 4.69) is 42.5 Å². The number of methoxy groups -OCH3 is 1. The Morgan fingerprint density at radius 3 is 1.64 bits per heavy atom. The van der Waals surface area contributed by atoms with E-state index in [1.54, 1.807) is 0 Å². The smallest absolute Gasteiger partial charge is 0.258 e. The van der Waals surface area contributed by atoms with Gasteiger partial charge in [-0.3, -0.25) is 19.3 Å². The highest BCUT2D eigenvalue weighted by Crippen LogP contribution is 2.46. The minimum atomic E-state index is -1.09. The number of hydrogen-bond donors (Lipinski definition) is 1. The molecule has 2 heterocycles. The third-order valence-electron chi connectivity index (χ3n) is 9.73. The first-order chi connectivity index (χ1) is 25.9. The minimum absolute atomic E-state index is 0.302. The fraction of sp³-hybridized carbons (Fsp3) is 0.0652. The molecule has 0 saturated heterocycles. The molecular formula is C46H34N2O5. The standard InChI is InChI=1S/C46H34N2O5/c1-53-40-29-36(28-38(33-15-9-4-10-16-33)46(40)48-43(51)25-26-44(48)52)45(34-19-17-31(18-20-34)30-11-5-2-6-12-30)35-21-22-39(47-41(49)23-24-42(47)50)37(27-35)32-13-7-3-8-14-32/h2-29,41,45,49H,1H3. The van der Waals surface area contributed by atoms with Crippen LogP contribution in [0.3, 0.4) is 0 Å². The number of aliphatic hydroxyl groups is 1. The molecule has 2 atom stereocenters. The molecule has 53 heavy (non-hydrogen) atoms. The van der Waals surface area contributed by atoms with Crippen LogP contribution < -0.4 is 14.5 Å². The number of benzene rings is 6. The molecule has 2 aliphatic rings. The van der Waals surface area contributed by atoms with Crippen molar-refractivity contribution >= 4 is 29.1 Å². The fourth-order valence-electron chi connectivity index (χ4n) is 7.23. The lowest BCUT2D eigenvalue weighted by Gasteiger charge is -2.28. The van der Waals surface area contributed by atoms with Gasteiger partial charge in [0, 0.05) is 35.3 Å². The van der Waals surface area contributed by atoms with Crippen LogP contribution >= 0.6 is 0 Å². The predicted octanol–water partition coefficient (Wildman–Crippen LogP) is 8.53. The Hall–Kier alpha value is -6.83. The summed E-state index contributed by atoms with van der Waals surface area (Å²) in [6, 6.07) is 47.9. The second-order valence-electron chi connectivity index (χ2n) is 12.9. The summed E-state index contributed by atoms with van der Waals surface area (Å²) in [5.74, 6) is -1.19. The molecule has 3 amide bonds. The van der Waals surface area contributed by atoms with Crippen molar-refractivity contribution in [1.82, 2.24) is 0 Å². The van der Waals surface area contributed by atoms with Gasteiger partial charge in [-0.2, -0.15) is 0 Å². The molecule has 258 valence electrons. The summed E-state index contributed by atoms with van der Waals surface area (Å²) in [5, 5.41) is 10.8. The number of nitrogens with zero attached hydrogens (tertiary/aromatic N) is 2. The maximum Gasteiger partial charge on any atom is 0.258 e. The number of ether oxygens (including phenoxy) is 1. The predicted molar refractivity (Wildman–Crippen MR) is 207 cm³/mol. The number of imide groups is 1. The zero-order valence-corrected chi connectivity index (χ0v) is 28.8. The summed E-state index contributed by atoms with van der Waals surface area (Å²) < 4.78 is 6.01. The first-order valence-electron chi connectivity index (χ1n) is 17.3. The average molecular weight is 695 g/mol. The Balaban J connectivity index is 1.37. The van der Waals surface area contributed by atoms with E-state index in [1.807, 2.05) is 103 Å². The zero-order chi connectivity index (χ0) is 36.5. The normalized spacial score (nSPS) is 15.7. The number of carbonyl (C=O) groups is 3. The van der Waals surface area contributed by atoms with Crippen LogP contribution in [0.1, 0.15) is 22.6 Å². The second-order valence-corrected chi connectivity index (χ2v) is 12.9. The fourth-order valence-corrected chi connectivity index (χ4v) is 7.23. The van der Waals surface area contributed by atoms with Gasteiger partial charge in [-0.15, -0.1) is 0 Å². The zero-order valence-electron chi connectivity index (χ0n) is 28.8. The van der Waals surface area contributed by atoms with Gasteiger partial charge in [-0.25, -0.2) is 4.90 Å². The monoisotopic (exact) mass is 694 g/mol. The number of amides is 3. The van der Waals surface area contributed by atoms with E-state index in [0.29, 0.717) is 22.7 Å². The van der Waals surface area contributed by atoms with Crippen molar-refractivity contribution < 1.29 is 24.2 Å². The van der Waals surface area contributed by atoms with Gasteiger partial charge < -0.3 is 9.84 Å². The molecular weight excluding hydrogens is 661 g/mol. The summed E-state index contributed by atoms with van der Waals surface area (Å²) in [6.45, 7) is 0. The Labute approximate surface area is 307 Å². The van der Waals surface area contributed by atoms with Crippen LogP contribution in [0.15, 0.2) is 170 Å². The molecule has 8 rings (SSSR count). The van der Waals surface area contributed by atoms with Crippen molar-refractivity contribution in [2.45, 2.75) is 12.1 Å². The molecule has 0 aromatic heterocycles. The van der Waals surface area contributed by atoms with Crippen LogP contribution in [0.25, 0.3) is 33.4 Å². The minimum Gasteiger partial charge on any atom is -0.495 e. The van der Waals surface area contributed by atoms with Gasteiger partial charge in [-0.1, -0.05) is 121 Å². The van der Waals surface area contributed by atoms with Gasteiger partial charge in [0.25, 0.3) is 17.7 Å². The van der Waals surface area contributed by atoms with Crippen LogP contribution in [0.4, 0.5) is 11.4 Å². The summed E-state index contributed by atoms with van der Waals surface area (Å²) in [7, 11) is 1.54. The van der Waals surface area contributed by atoms with E-state index in [1.165, 1.54) is 36.3 Å². The van der Waals surface area contributed by atoms with E-state index in [0.717, 1.165) is 49.4 Å². The van der Waals surface area contributed by atoms with Gasteiger partial charge in [-0.05, 0) is 69.3 Å². The number of carbonyl (C=O) groups excluding carboxylic acids is 3. The van der Waals surface area contributed by atoms with Crippen LogP contribution in [-0.2, 0) is 14.4 Å². The Morgan fingerprint density at radius 1 is 0.547 bits per heavy atom. The molecule has 0 bridgehead atoms. The van der Waals surface area contributed by atoms with Crippen LogP contribution in [0.5, 0.6) is 5.75 Å². The summed E-state index contributed by atoms with van der Waals surface area (Å²) in [6.07, 6.45) is 4.31. The lowest BCUT2D eigenvalue weighted by atomic mass is 9.81. The molecule has 6 aromatic carbocycles. The molecule has 6 aromatic rings. The summed E-state index contributed by atoms with van der Waals surface area (Å²) >= 11 is 0. The highest BCUT2D eigenvalue weighted by Gasteiger charge is 2.33. The lowest BCUT2D eigenvalue weighted by Crippen LogP contribution is -2.33. The molecule has 7 heteroatoms. The van der Waals surface area contributed by atoms with E-state index >= 15 is 0 Å². The van der Waals surface area contributed by atoms with E-state index in [9.17, 15) is 19.5 Å². The van der Waals surface area contributed by atoms with Crippen molar-refractivity contribution in [3.8, 4) is 39.1 Å². The molecule has 0 spiro atoms. The number of hydrogen-bond acceptors (Lipinski definition) is 5. The number of anilines is 2. The quantitative estimate of drug-likeness (QED) is 0.121. The molecule has 7 nitrogen and oxygen atoms in total. The number of aliphatic hydroxyl groups excluding tert-OH is 1. The lowest BCUT2D eigenvalue weighted by molar-refractivity contribution is -0.120. The van der Waals surface area contributed by atoms with E-state index in [4.69, 9.17) is 4.74 Å². The van der Waals surface area contributed by atoms with Gasteiger partial charge in [0.15, 0.2) is 6.23 Å². The maximum absolute atomic E-state index is 13.1. The Kier molecular flexibility index (Phi) is 8.84. The highest BCUT2D eigenvalue weighted by molar-refractivity contribution is 6.29. The average Bonchev–Trinajstić information content (AvgIpc) is 3.73. The largest absolute Gasteiger partial charge is 0.495 e. The molecule has 1 N–H and O–H groups in total. The number of rotatable bonds is 9. The highest BCUT2D eigenvalue weighted by atomic mass is 16.5. The topological polar surface area (TPSA) is 87.2 Å². The van der Waals surface area contributed by atoms with Crippen molar-refractivity contribution in [3.05, 3.63) is 187 Å². The van der Waals surface area contributed by atoms with Crippen molar-refractivity contribution in [2.24, 2.45) is 0 Å². The first kappa shape index (κ1) is 33.3. The first-order valence-corrected chi connectivity index (χ1v) is 17.3. The third-order valence-corrected chi connectivity index (χ3v) is 9.73. The maximum atomic E-state index is 13.1. The second kappa shape index (κ2) is 14.1. The molecule has 0 aliphatic carbocycles. The Morgan fingerprint density at radius 2 is 1.08 bits per heavy atom. The van der Waals surface area contributed by atoms with E-state index in [-0.39, 0.29) is 11.8 Å². The molecule has 0 fully saturated rings. The Bertz CT molecular complexity index is 2390. The molecule has 0 saturated carbocycles.